The largest absolute Gasteiger partial charge is 0.484 e. The van der Waals surface area contributed by atoms with Crippen LogP contribution in [0.1, 0.15) is 54.1 Å². The van der Waals surface area contributed by atoms with Gasteiger partial charge in [-0.25, -0.2) is 4.98 Å². The first-order chi connectivity index (χ1) is 18.2. The van der Waals surface area contributed by atoms with Gasteiger partial charge in [0.25, 0.3) is 5.91 Å². The van der Waals surface area contributed by atoms with Crippen LogP contribution in [0.25, 0.3) is 16.0 Å². The van der Waals surface area contributed by atoms with Crippen LogP contribution >= 0.6 is 22.9 Å². The number of rotatable bonds is 12. The lowest BCUT2D eigenvalue weighted by Crippen LogP contribution is -2.41. The average molecular weight is 555 g/mol. The second-order valence-electron chi connectivity index (χ2n) is 9.48. The topological polar surface area (TPSA) is 119 Å². The molecular formula is C28H31ClN4O4S. The zero-order chi connectivity index (χ0) is 27.4. The molecule has 4 N–H and O–H groups in total. The quantitative estimate of drug-likeness (QED) is 0.196. The number of imidazole rings is 1. The van der Waals surface area contributed by atoms with Crippen LogP contribution in [-0.4, -0.2) is 39.1 Å². The van der Waals surface area contributed by atoms with Gasteiger partial charge in [0, 0.05) is 16.7 Å². The molecule has 38 heavy (non-hydrogen) atoms. The summed E-state index contributed by atoms with van der Waals surface area (Å²) < 4.78 is 8.07. The van der Waals surface area contributed by atoms with E-state index in [2.05, 4.69) is 16.4 Å². The predicted molar refractivity (Wildman–Crippen MR) is 151 cm³/mol. The molecule has 0 bridgehead atoms. The number of amides is 1. The molecule has 0 spiro atoms. The zero-order valence-electron chi connectivity index (χ0n) is 21.5. The maximum atomic E-state index is 12.2. The fraction of sp³-hybridized carbons (Fsp3) is 0.321. The standard InChI is InChI=1S/C28H31ClN4O4S/c1-16(2)25(28(35)36)31-12-6-7-18-10-11-21-22(13-18)33(15-32-21)24-14-23(26(38-24)27(30)34)37-17(3)19-8-4-5-9-20(19)29/h4-5,8-11,13-17,25,31H,6-7,12H2,1-3H3,(H2,30,34)(H,35,36)/t17-,25+/m1/s1. The number of thiophene rings is 1. The number of carbonyl (C=O) groups is 2. The van der Waals surface area contributed by atoms with Crippen molar-refractivity contribution >= 4 is 45.8 Å². The Morgan fingerprint density at radius 2 is 1.95 bits per heavy atom. The Kier molecular flexibility index (Phi) is 8.71. The van der Waals surface area contributed by atoms with E-state index in [9.17, 15) is 14.7 Å². The molecule has 10 heteroatoms. The molecule has 2 aromatic heterocycles. The summed E-state index contributed by atoms with van der Waals surface area (Å²) in [5.41, 5.74) is 9.31. The number of nitrogens with two attached hydrogens (primary N) is 1. The summed E-state index contributed by atoms with van der Waals surface area (Å²) >= 11 is 7.57. The second kappa shape index (κ2) is 12.0. The number of hydrogen-bond acceptors (Lipinski definition) is 6. The summed E-state index contributed by atoms with van der Waals surface area (Å²) in [6.07, 6.45) is 2.90. The number of carboxylic acid groups (broad SMARTS) is 1. The molecule has 0 unspecified atom stereocenters. The summed E-state index contributed by atoms with van der Waals surface area (Å²) in [7, 11) is 0. The Morgan fingerprint density at radius 3 is 2.63 bits per heavy atom. The van der Waals surface area contributed by atoms with Gasteiger partial charge in [-0.05, 0) is 56.0 Å². The molecule has 0 fully saturated rings. The van der Waals surface area contributed by atoms with E-state index in [0.29, 0.717) is 22.2 Å². The normalized spacial score (nSPS) is 13.1. The molecule has 0 saturated heterocycles. The van der Waals surface area contributed by atoms with Crippen molar-refractivity contribution in [1.29, 1.82) is 0 Å². The van der Waals surface area contributed by atoms with Crippen molar-refractivity contribution in [3.05, 3.63) is 75.9 Å². The molecule has 2 aromatic carbocycles. The average Bonchev–Trinajstić information content (AvgIpc) is 3.47. The summed E-state index contributed by atoms with van der Waals surface area (Å²) in [6.45, 7) is 6.26. The van der Waals surface area contributed by atoms with E-state index < -0.39 is 17.9 Å². The summed E-state index contributed by atoms with van der Waals surface area (Å²) in [6, 6.07) is 14.7. The number of nitrogens with zero attached hydrogens (tertiary/aromatic N) is 2. The molecule has 4 aromatic rings. The number of halogens is 1. The molecule has 2 heterocycles. The van der Waals surface area contributed by atoms with Crippen LogP contribution in [0.5, 0.6) is 5.75 Å². The van der Waals surface area contributed by atoms with E-state index >= 15 is 0 Å². The van der Waals surface area contributed by atoms with Gasteiger partial charge in [0.1, 0.15) is 34.1 Å². The minimum Gasteiger partial charge on any atom is -0.484 e. The zero-order valence-corrected chi connectivity index (χ0v) is 23.1. The van der Waals surface area contributed by atoms with E-state index in [4.69, 9.17) is 22.1 Å². The van der Waals surface area contributed by atoms with E-state index in [1.807, 2.05) is 55.7 Å². The minimum absolute atomic E-state index is 0.0100. The van der Waals surface area contributed by atoms with E-state index in [1.54, 1.807) is 18.5 Å². The number of primary amides is 1. The number of fused-ring (bicyclic) bond motifs is 1. The van der Waals surface area contributed by atoms with Crippen LogP contribution in [0, 0.1) is 5.92 Å². The third-order valence-corrected chi connectivity index (χ3v) is 7.82. The maximum absolute atomic E-state index is 12.2. The van der Waals surface area contributed by atoms with Crippen LogP contribution in [0.4, 0.5) is 0 Å². The van der Waals surface area contributed by atoms with Crippen molar-refractivity contribution in [2.75, 3.05) is 6.54 Å². The molecule has 0 aliphatic carbocycles. The highest BCUT2D eigenvalue weighted by atomic mass is 35.5. The molecule has 0 aliphatic rings. The number of carboxylic acids is 1. The number of ether oxygens (including phenoxy) is 1. The molecule has 2 atom stereocenters. The number of benzene rings is 2. The van der Waals surface area contributed by atoms with Gasteiger partial charge in [0.05, 0.1) is 11.0 Å². The van der Waals surface area contributed by atoms with Gasteiger partial charge in [0.2, 0.25) is 0 Å². The van der Waals surface area contributed by atoms with Gasteiger partial charge in [0.15, 0.2) is 0 Å². The highest BCUT2D eigenvalue weighted by molar-refractivity contribution is 7.16. The Hall–Kier alpha value is -3.40. The van der Waals surface area contributed by atoms with Crippen LogP contribution in [-0.2, 0) is 11.2 Å². The molecule has 0 radical (unpaired) electrons. The highest BCUT2D eigenvalue weighted by Crippen LogP contribution is 2.37. The lowest BCUT2D eigenvalue weighted by Gasteiger charge is -2.17. The lowest BCUT2D eigenvalue weighted by molar-refractivity contribution is -0.140. The van der Waals surface area contributed by atoms with Gasteiger partial charge in [-0.1, -0.05) is 49.7 Å². The predicted octanol–water partition coefficient (Wildman–Crippen LogP) is 5.61. The number of aliphatic carboxylic acids is 1. The number of aryl methyl sites for hydroxylation is 1. The molecule has 4 rings (SSSR count). The first kappa shape index (κ1) is 27.6. The summed E-state index contributed by atoms with van der Waals surface area (Å²) in [5.74, 6) is -0.995. The lowest BCUT2D eigenvalue weighted by atomic mass is 10.0. The molecular weight excluding hydrogens is 524 g/mol. The molecule has 1 amide bonds. The van der Waals surface area contributed by atoms with Gasteiger partial charge >= 0.3 is 5.97 Å². The first-order valence-electron chi connectivity index (χ1n) is 12.4. The van der Waals surface area contributed by atoms with Crippen LogP contribution in [0.2, 0.25) is 5.02 Å². The summed E-state index contributed by atoms with van der Waals surface area (Å²) in [4.78, 5) is 28.5. The van der Waals surface area contributed by atoms with Gasteiger partial charge in [-0.15, -0.1) is 11.3 Å². The number of aromatic nitrogens is 2. The summed E-state index contributed by atoms with van der Waals surface area (Å²) in [5, 5.41) is 13.8. The Morgan fingerprint density at radius 1 is 1.18 bits per heavy atom. The second-order valence-corrected chi connectivity index (χ2v) is 10.9. The first-order valence-corrected chi connectivity index (χ1v) is 13.6. The fourth-order valence-corrected chi connectivity index (χ4v) is 5.56. The smallest absolute Gasteiger partial charge is 0.320 e. The van der Waals surface area contributed by atoms with Gasteiger partial charge < -0.3 is 20.9 Å². The van der Waals surface area contributed by atoms with E-state index in [-0.39, 0.29) is 12.0 Å². The SMILES string of the molecule is CC(C)[C@H](NCCCc1ccc2ncn(-c3cc(O[C@H](C)c4ccccc4Cl)c(C(N)=O)s3)c2c1)C(=O)O. The van der Waals surface area contributed by atoms with E-state index in [1.165, 1.54) is 11.3 Å². The number of carbonyl (C=O) groups excluding carboxylic acids is 1. The maximum Gasteiger partial charge on any atom is 0.320 e. The van der Waals surface area contributed by atoms with Crippen molar-refractivity contribution in [1.82, 2.24) is 14.9 Å². The molecule has 200 valence electrons. The van der Waals surface area contributed by atoms with Crippen molar-refractivity contribution in [2.45, 2.75) is 45.8 Å². The van der Waals surface area contributed by atoms with Crippen LogP contribution in [0.3, 0.4) is 0 Å². The van der Waals surface area contributed by atoms with Crippen LogP contribution < -0.4 is 15.8 Å². The third-order valence-electron chi connectivity index (χ3n) is 6.34. The van der Waals surface area contributed by atoms with Gasteiger partial charge in [-0.2, -0.15) is 0 Å². The molecule has 0 aliphatic heterocycles. The number of nitrogens with one attached hydrogen (secondary N) is 1. The molecule has 8 nitrogen and oxygen atoms in total. The van der Waals surface area contributed by atoms with E-state index in [0.717, 1.165) is 40.0 Å². The number of hydrogen-bond donors (Lipinski definition) is 3. The van der Waals surface area contributed by atoms with Crippen LogP contribution in [0.15, 0.2) is 54.9 Å². The monoisotopic (exact) mass is 554 g/mol. The fourth-order valence-electron chi connectivity index (χ4n) is 4.34. The van der Waals surface area contributed by atoms with Crippen molar-refractivity contribution in [2.24, 2.45) is 11.7 Å². The van der Waals surface area contributed by atoms with Crippen molar-refractivity contribution in [3.8, 4) is 10.8 Å². The Balaban J connectivity index is 1.54. The Labute approximate surface area is 230 Å². The minimum atomic E-state index is -0.832. The van der Waals surface area contributed by atoms with Crippen molar-refractivity contribution in [3.63, 3.8) is 0 Å². The molecule has 0 saturated carbocycles. The third kappa shape index (κ3) is 6.18. The van der Waals surface area contributed by atoms with Crippen molar-refractivity contribution < 1.29 is 19.4 Å². The Bertz CT molecular complexity index is 1450. The highest BCUT2D eigenvalue weighted by Gasteiger charge is 2.22. The van der Waals surface area contributed by atoms with Gasteiger partial charge in [-0.3, -0.25) is 14.2 Å².